The normalized spacial score (nSPS) is 15.9. The number of sulfonamides is 1. The molecule has 0 aliphatic carbocycles. The number of amides is 1. The summed E-state index contributed by atoms with van der Waals surface area (Å²) in [6.07, 6.45) is 0.845. The van der Waals surface area contributed by atoms with Crippen LogP contribution < -0.4 is 5.32 Å². The Hall–Kier alpha value is -2.27. The van der Waals surface area contributed by atoms with Crippen molar-refractivity contribution < 1.29 is 22.7 Å². The smallest absolute Gasteiger partial charge is 0.350 e. The predicted molar refractivity (Wildman–Crippen MR) is 118 cm³/mol. The van der Waals surface area contributed by atoms with Gasteiger partial charge in [-0.05, 0) is 30.4 Å². The predicted octanol–water partition coefficient (Wildman–Crippen LogP) is 3.79. The first-order chi connectivity index (χ1) is 14.4. The number of carbonyl (C=O) groups excluding carboxylic acids is 2. The summed E-state index contributed by atoms with van der Waals surface area (Å²) in [7, 11) is -2.20. The molecule has 0 saturated carbocycles. The number of methoxy groups -OCH3 is 1. The monoisotopic (exact) mass is 464 g/mol. The van der Waals surface area contributed by atoms with Crippen molar-refractivity contribution in [2.24, 2.45) is 5.92 Å². The van der Waals surface area contributed by atoms with E-state index in [1.807, 2.05) is 24.3 Å². The molecule has 3 heterocycles. The third kappa shape index (κ3) is 3.87. The molecule has 158 valence electrons. The lowest BCUT2D eigenvalue weighted by atomic mass is 9.97. The highest BCUT2D eigenvalue weighted by Crippen LogP contribution is 2.37. The van der Waals surface area contributed by atoms with Crippen LogP contribution in [0.1, 0.15) is 22.5 Å². The molecule has 1 N–H and O–H groups in total. The van der Waals surface area contributed by atoms with Crippen molar-refractivity contribution in [1.82, 2.24) is 4.31 Å². The molecule has 3 aromatic rings. The Bertz CT molecular complexity index is 1180. The van der Waals surface area contributed by atoms with Crippen molar-refractivity contribution in [2.75, 3.05) is 25.5 Å². The maximum absolute atomic E-state index is 12.9. The number of ether oxygens (including phenoxy) is 1. The van der Waals surface area contributed by atoms with Gasteiger partial charge in [-0.15, -0.1) is 22.7 Å². The molecule has 1 amide bonds. The average molecular weight is 465 g/mol. The Balaban J connectivity index is 1.49. The molecule has 0 bridgehead atoms. The van der Waals surface area contributed by atoms with E-state index < -0.39 is 16.0 Å². The number of nitrogens with one attached hydrogen (secondary N) is 1. The number of hydrogen-bond donors (Lipinski definition) is 1. The highest BCUT2D eigenvalue weighted by Gasteiger charge is 2.33. The second-order valence-electron chi connectivity index (χ2n) is 6.89. The minimum absolute atomic E-state index is 0.211. The van der Waals surface area contributed by atoms with Crippen molar-refractivity contribution in [3.8, 4) is 0 Å². The molecule has 7 nitrogen and oxygen atoms in total. The summed E-state index contributed by atoms with van der Waals surface area (Å²) in [6, 6.07) is 10.8. The van der Waals surface area contributed by atoms with E-state index in [2.05, 4.69) is 5.32 Å². The molecule has 2 aromatic heterocycles. The molecule has 1 aromatic carbocycles. The van der Waals surface area contributed by atoms with Crippen LogP contribution in [0.2, 0.25) is 0 Å². The summed E-state index contributed by atoms with van der Waals surface area (Å²) in [5.41, 5.74) is 0.459. The number of fused-ring (bicyclic) bond motifs is 1. The summed E-state index contributed by atoms with van der Waals surface area (Å²) in [5.74, 6) is -1.04. The molecule has 10 heteroatoms. The van der Waals surface area contributed by atoms with Crippen LogP contribution in [-0.4, -0.2) is 44.8 Å². The highest BCUT2D eigenvalue weighted by atomic mass is 32.2. The molecular formula is C20H20N2O5S3. The Morgan fingerprint density at radius 2 is 1.87 bits per heavy atom. The molecule has 4 rings (SSSR count). The third-order valence-electron chi connectivity index (χ3n) is 5.13. The molecule has 0 radical (unpaired) electrons. The zero-order valence-corrected chi connectivity index (χ0v) is 18.6. The van der Waals surface area contributed by atoms with Crippen molar-refractivity contribution in [1.29, 1.82) is 0 Å². The Morgan fingerprint density at radius 3 is 2.53 bits per heavy atom. The second-order valence-corrected chi connectivity index (χ2v) is 11.1. The molecule has 30 heavy (non-hydrogen) atoms. The van der Waals surface area contributed by atoms with Gasteiger partial charge in [-0.3, -0.25) is 4.79 Å². The van der Waals surface area contributed by atoms with Crippen molar-refractivity contribution in [3.05, 3.63) is 46.7 Å². The number of rotatable bonds is 5. The second kappa shape index (κ2) is 8.46. The lowest BCUT2D eigenvalue weighted by Crippen LogP contribution is -2.41. The minimum Gasteiger partial charge on any atom is -0.465 e. The van der Waals surface area contributed by atoms with Gasteiger partial charge in [0.05, 0.1) is 12.8 Å². The Kier molecular flexibility index (Phi) is 5.92. The van der Waals surface area contributed by atoms with Crippen LogP contribution in [0, 0.1) is 5.92 Å². The molecule has 1 saturated heterocycles. The molecule has 0 atom stereocenters. The van der Waals surface area contributed by atoms with Gasteiger partial charge in [0.25, 0.3) is 10.0 Å². The Labute approximate surface area is 182 Å². The number of piperidine rings is 1. The first kappa shape index (κ1) is 21.0. The van der Waals surface area contributed by atoms with E-state index >= 15 is 0 Å². The van der Waals surface area contributed by atoms with E-state index in [0.29, 0.717) is 27.6 Å². The van der Waals surface area contributed by atoms with Crippen LogP contribution in [0.15, 0.2) is 46.0 Å². The first-order valence-corrected chi connectivity index (χ1v) is 12.5. The number of anilines is 1. The Morgan fingerprint density at radius 1 is 1.13 bits per heavy atom. The van der Waals surface area contributed by atoms with Gasteiger partial charge in [-0.25, -0.2) is 13.2 Å². The van der Waals surface area contributed by atoms with Gasteiger partial charge < -0.3 is 10.1 Å². The van der Waals surface area contributed by atoms with Gasteiger partial charge in [0.2, 0.25) is 5.91 Å². The van der Waals surface area contributed by atoms with E-state index in [1.165, 1.54) is 34.1 Å². The zero-order valence-electron chi connectivity index (χ0n) is 16.2. The lowest BCUT2D eigenvalue weighted by Gasteiger charge is -2.30. The van der Waals surface area contributed by atoms with Crippen LogP contribution >= 0.6 is 22.7 Å². The quantitative estimate of drug-likeness (QED) is 0.580. The third-order valence-corrected chi connectivity index (χ3v) is 9.55. The van der Waals surface area contributed by atoms with Crippen LogP contribution in [-0.2, 0) is 19.6 Å². The SMILES string of the molecule is COC(=O)c1sc2ccccc2c1NC(=O)C1CCN(S(=O)(=O)c2cccs2)CC1. The average Bonchev–Trinajstić information content (AvgIpc) is 3.42. The number of benzene rings is 1. The molecule has 1 aliphatic rings. The number of esters is 1. The fourth-order valence-corrected chi connectivity index (χ4v) is 7.22. The summed E-state index contributed by atoms with van der Waals surface area (Å²) in [5, 5.41) is 5.42. The topological polar surface area (TPSA) is 92.8 Å². The summed E-state index contributed by atoms with van der Waals surface area (Å²) >= 11 is 2.46. The zero-order chi connectivity index (χ0) is 21.3. The molecule has 1 aliphatic heterocycles. The van der Waals surface area contributed by atoms with E-state index in [1.54, 1.807) is 17.5 Å². The van der Waals surface area contributed by atoms with E-state index in [4.69, 9.17) is 4.74 Å². The molecule has 0 spiro atoms. The van der Waals surface area contributed by atoms with E-state index in [0.717, 1.165) is 10.1 Å². The fourth-order valence-electron chi connectivity index (χ4n) is 3.53. The fraction of sp³-hybridized carbons (Fsp3) is 0.300. The van der Waals surface area contributed by atoms with E-state index in [9.17, 15) is 18.0 Å². The van der Waals surface area contributed by atoms with E-state index in [-0.39, 0.29) is 24.9 Å². The summed E-state index contributed by atoms with van der Waals surface area (Å²) in [6.45, 7) is 0.569. The molecular weight excluding hydrogens is 444 g/mol. The number of carbonyl (C=O) groups is 2. The van der Waals surface area contributed by atoms with Crippen LogP contribution in [0.5, 0.6) is 0 Å². The van der Waals surface area contributed by atoms with Gasteiger partial charge in [-0.1, -0.05) is 24.3 Å². The van der Waals surface area contributed by atoms with Gasteiger partial charge in [-0.2, -0.15) is 4.31 Å². The largest absolute Gasteiger partial charge is 0.465 e. The first-order valence-electron chi connectivity index (χ1n) is 9.36. The number of thiophene rings is 2. The van der Waals surface area contributed by atoms with Crippen LogP contribution in [0.4, 0.5) is 5.69 Å². The van der Waals surface area contributed by atoms with Gasteiger partial charge in [0, 0.05) is 29.1 Å². The minimum atomic E-state index is -3.51. The number of hydrogen-bond acceptors (Lipinski definition) is 7. The summed E-state index contributed by atoms with van der Waals surface area (Å²) in [4.78, 5) is 25.5. The summed E-state index contributed by atoms with van der Waals surface area (Å²) < 4.78 is 32.8. The maximum Gasteiger partial charge on any atom is 0.350 e. The van der Waals surface area contributed by atoms with Crippen LogP contribution in [0.3, 0.4) is 0 Å². The highest BCUT2D eigenvalue weighted by molar-refractivity contribution is 7.91. The van der Waals surface area contributed by atoms with Gasteiger partial charge in [0.15, 0.2) is 0 Å². The van der Waals surface area contributed by atoms with Crippen molar-refractivity contribution in [3.63, 3.8) is 0 Å². The van der Waals surface area contributed by atoms with Crippen molar-refractivity contribution in [2.45, 2.75) is 17.1 Å². The van der Waals surface area contributed by atoms with Gasteiger partial charge in [0.1, 0.15) is 9.09 Å². The number of nitrogens with zero attached hydrogens (tertiary/aromatic N) is 1. The molecule has 1 fully saturated rings. The van der Waals surface area contributed by atoms with Crippen molar-refractivity contribution >= 4 is 60.3 Å². The lowest BCUT2D eigenvalue weighted by molar-refractivity contribution is -0.120. The maximum atomic E-state index is 12.9. The van der Waals surface area contributed by atoms with Crippen LogP contribution in [0.25, 0.3) is 10.1 Å². The standard InChI is InChI=1S/C20H20N2O5S3/c1-27-20(24)18-17(14-5-2-3-6-15(14)29-18)21-19(23)13-8-10-22(11-9-13)30(25,26)16-7-4-12-28-16/h2-7,12-13H,8-11H2,1H3,(H,21,23). The van der Waals surface area contributed by atoms with Gasteiger partial charge >= 0.3 is 5.97 Å². The molecule has 0 unspecified atom stereocenters.